The van der Waals surface area contributed by atoms with Crippen LogP contribution in [0.3, 0.4) is 0 Å². The molecule has 2 N–H and O–H groups in total. The first-order chi connectivity index (χ1) is 7.83. The van der Waals surface area contributed by atoms with E-state index in [1.807, 2.05) is 12.1 Å². The summed E-state index contributed by atoms with van der Waals surface area (Å²) in [5.74, 6) is 1.96. The van der Waals surface area contributed by atoms with Crippen LogP contribution in [0.25, 0.3) is 0 Å². The summed E-state index contributed by atoms with van der Waals surface area (Å²) in [7, 11) is 0. The number of hydrogen-bond donors (Lipinski definition) is 1. The van der Waals surface area contributed by atoms with Crippen LogP contribution in [0.2, 0.25) is 0 Å². The molecule has 1 saturated carbocycles. The molecule has 0 aromatic carbocycles. The van der Waals surface area contributed by atoms with E-state index in [4.69, 9.17) is 5.73 Å². The van der Waals surface area contributed by atoms with Gasteiger partial charge in [0.1, 0.15) is 5.82 Å². The lowest BCUT2D eigenvalue weighted by Gasteiger charge is -2.32. The predicted molar refractivity (Wildman–Crippen MR) is 67.4 cm³/mol. The summed E-state index contributed by atoms with van der Waals surface area (Å²) in [6, 6.07) is 6.12. The molecule has 0 bridgehead atoms. The molecule has 1 aliphatic rings. The number of rotatable bonds is 5. The second kappa shape index (κ2) is 5.30. The van der Waals surface area contributed by atoms with Gasteiger partial charge in [0.05, 0.1) is 5.69 Å². The summed E-state index contributed by atoms with van der Waals surface area (Å²) in [4.78, 5) is 6.94. The Morgan fingerprint density at radius 3 is 2.81 bits per heavy atom. The second-order valence-electron chi connectivity index (χ2n) is 4.53. The van der Waals surface area contributed by atoms with E-state index in [9.17, 15) is 0 Å². The quantitative estimate of drug-likeness (QED) is 0.825. The number of nitrogens with zero attached hydrogens (tertiary/aromatic N) is 2. The van der Waals surface area contributed by atoms with Crippen molar-refractivity contribution in [1.82, 2.24) is 4.98 Å². The topological polar surface area (TPSA) is 42.1 Å². The van der Waals surface area contributed by atoms with Gasteiger partial charge in [-0.05, 0) is 37.8 Å². The van der Waals surface area contributed by atoms with E-state index in [2.05, 4.69) is 22.9 Å². The predicted octanol–water partition coefficient (Wildman–Crippen LogP) is 2.17. The smallest absolute Gasteiger partial charge is 0.128 e. The fraction of sp³-hybridized carbons (Fsp3) is 0.615. The summed E-state index contributed by atoms with van der Waals surface area (Å²) in [5, 5.41) is 0. The van der Waals surface area contributed by atoms with Gasteiger partial charge in [0.25, 0.3) is 0 Å². The summed E-state index contributed by atoms with van der Waals surface area (Å²) >= 11 is 0. The van der Waals surface area contributed by atoms with Crippen LogP contribution in [0.15, 0.2) is 18.2 Å². The van der Waals surface area contributed by atoms with E-state index < -0.39 is 0 Å². The highest BCUT2D eigenvalue weighted by atomic mass is 15.2. The molecule has 16 heavy (non-hydrogen) atoms. The number of aromatic nitrogens is 1. The highest BCUT2D eigenvalue weighted by molar-refractivity contribution is 5.39. The highest BCUT2D eigenvalue weighted by Gasteiger charge is 2.20. The van der Waals surface area contributed by atoms with Gasteiger partial charge in [0.2, 0.25) is 0 Å². The van der Waals surface area contributed by atoms with Gasteiger partial charge >= 0.3 is 0 Å². The van der Waals surface area contributed by atoms with Gasteiger partial charge in [-0.2, -0.15) is 0 Å². The molecule has 3 nitrogen and oxygen atoms in total. The lowest BCUT2D eigenvalue weighted by molar-refractivity contribution is 0.318. The van der Waals surface area contributed by atoms with E-state index in [0.717, 1.165) is 30.5 Å². The van der Waals surface area contributed by atoms with E-state index in [1.165, 1.54) is 19.3 Å². The average Bonchev–Trinajstić information content (AvgIpc) is 2.28. The Labute approximate surface area is 97.7 Å². The van der Waals surface area contributed by atoms with Crippen LogP contribution >= 0.6 is 0 Å². The summed E-state index contributed by atoms with van der Waals surface area (Å²) in [6.45, 7) is 4.89. The Balaban J connectivity index is 2.05. The number of nitrogens with two attached hydrogens (primary N) is 1. The third kappa shape index (κ3) is 2.53. The first-order valence-corrected chi connectivity index (χ1v) is 6.24. The first kappa shape index (κ1) is 11.4. The second-order valence-corrected chi connectivity index (χ2v) is 4.53. The monoisotopic (exact) mass is 219 g/mol. The molecule has 0 radical (unpaired) electrons. The molecule has 0 amide bonds. The van der Waals surface area contributed by atoms with Crippen LogP contribution in [-0.4, -0.2) is 18.1 Å². The molecule has 1 aliphatic carbocycles. The standard InChI is InChI=1S/C13H21N3/c1-2-16(10-11-5-3-6-11)13-8-4-7-12(9-14)15-13/h4,7-8,11H,2-3,5-6,9-10,14H2,1H3. The molecule has 0 saturated heterocycles. The molecule has 1 heterocycles. The first-order valence-electron chi connectivity index (χ1n) is 6.24. The molecule has 0 spiro atoms. The van der Waals surface area contributed by atoms with E-state index >= 15 is 0 Å². The Hall–Kier alpha value is -1.09. The van der Waals surface area contributed by atoms with Gasteiger partial charge < -0.3 is 10.6 Å². The maximum Gasteiger partial charge on any atom is 0.128 e. The van der Waals surface area contributed by atoms with Crippen molar-refractivity contribution in [3.63, 3.8) is 0 Å². The average molecular weight is 219 g/mol. The van der Waals surface area contributed by atoms with Crippen LogP contribution in [-0.2, 0) is 6.54 Å². The lowest BCUT2D eigenvalue weighted by Crippen LogP contribution is -2.33. The highest BCUT2D eigenvalue weighted by Crippen LogP contribution is 2.28. The van der Waals surface area contributed by atoms with Gasteiger partial charge in [0, 0.05) is 19.6 Å². The minimum atomic E-state index is 0.523. The zero-order chi connectivity index (χ0) is 11.4. The van der Waals surface area contributed by atoms with Crippen LogP contribution in [0.1, 0.15) is 31.9 Å². The van der Waals surface area contributed by atoms with Gasteiger partial charge in [-0.3, -0.25) is 0 Å². The molecule has 1 aromatic heterocycles. The van der Waals surface area contributed by atoms with Crippen LogP contribution < -0.4 is 10.6 Å². The van der Waals surface area contributed by atoms with Crippen molar-refractivity contribution in [2.75, 3.05) is 18.0 Å². The molecule has 2 rings (SSSR count). The van der Waals surface area contributed by atoms with Crippen molar-refractivity contribution >= 4 is 5.82 Å². The molecule has 3 heteroatoms. The van der Waals surface area contributed by atoms with Gasteiger partial charge in [0.15, 0.2) is 0 Å². The summed E-state index contributed by atoms with van der Waals surface area (Å²) in [6.07, 6.45) is 4.17. The zero-order valence-corrected chi connectivity index (χ0v) is 10.0. The van der Waals surface area contributed by atoms with E-state index in [1.54, 1.807) is 0 Å². The summed E-state index contributed by atoms with van der Waals surface area (Å²) < 4.78 is 0. The van der Waals surface area contributed by atoms with Crippen molar-refractivity contribution in [2.45, 2.75) is 32.7 Å². The molecule has 0 atom stereocenters. The zero-order valence-electron chi connectivity index (χ0n) is 10.0. The fourth-order valence-corrected chi connectivity index (χ4v) is 2.13. The van der Waals surface area contributed by atoms with Gasteiger partial charge in [-0.15, -0.1) is 0 Å². The van der Waals surface area contributed by atoms with Crippen molar-refractivity contribution < 1.29 is 0 Å². The van der Waals surface area contributed by atoms with Crippen molar-refractivity contribution in [1.29, 1.82) is 0 Å². The Kier molecular flexibility index (Phi) is 3.78. The molecular weight excluding hydrogens is 198 g/mol. The minimum Gasteiger partial charge on any atom is -0.357 e. The maximum atomic E-state index is 5.62. The van der Waals surface area contributed by atoms with Crippen LogP contribution in [0, 0.1) is 5.92 Å². The largest absolute Gasteiger partial charge is 0.357 e. The van der Waals surface area contributed by atoms with Gasteiger partial charge in [-0.25, -0.2) is 4.98 Å². The molecule has 1 fully saturated rings. The molecule has 0 aliphatic heterocycles. The molecule has 1 aromatic rings. The normalized spacial score (nSPS) is 15.9. The van der Waals surface area contributed by atoms with Crippen molar-refractivity contribution in [3.05, 3.63) is 23.9 Å². The Morgan fingerprint density at radius 2 is 2.25 bits per heavy atom. The third-order valence-corrected chi connectivity index (χ3v) is 3.41. The van der Waals surface area contributed by atoms with E-state index in [0.29, 0.717) is 6.54 Å². The Bertz CT molecular complexity index is 334. The SMILES string of the molecule is CCN(CC1CCC1)c1cccc(CN)n1. The molecular formula is C13H21N3. The third-order valence-electron chi connectivity index (χ3n) is 3.41. The lowest BCUT2D eigenvalue weighted by atomic mass is 9.85. The number of hydrogen-bond acceptors (Lipinski definition) is 3. The van der Waals surface area contributed by atoms with Gasteiger partial charge in [-0.1, -0.05) is 12.5 Å². The van der Waals surface area contributed by atoms with Crippen molar-refractivity contribution in [3.8, 4) is 0 Å². The summed E-state index contributed by atoms with van der Waals surface area (Å²) in [5.41, 5.74) is 6.59. The molecule has 88 valence electrons. The number of pyridine rings is 1. The van der Waals surface area contributed by atoms with Crippen LogP contribution in [0.5, 0.6) is 0 Å². The fourth-order valence-electron chi connectivity index (χ4n) is 2.13. The van der Waals surface area contributed by atoms with E-state index in [-0.39, 0.29) is 0 Å². The minimum absolute atomic E-state index is 0.523. The van der Waals surface area contributed by atoms with Crippen molar-refractivity contribution in [2.24, 2.45) is 11.7 Å². The Morgan fingerprint density at radius 1 is 1.44 bits per heavy atom. The maximum absolute atomic E-state index is 5.62. The van der Waals surface area contributed by atoms with Crippen LogP contribution in [0.4, 0.5) is 5.82 Å². The molecule has 0 unspecified atom stereocenters. The number of anilines is 1.